The lowest BCUT2D eigenvalue weighted by Gasteiger charge is -2.16. The summed E-state index contributed by atoms with van der Waals surface area (Å²) in [5.74, 6) is -0.183. The molecule has 2 N–H and O–H groups in total. The maximum atomic E-state index is 12.1. The molecule has 0 radical (unpaired) electrons. The first-order chi connectivity index (χ1) is 9.63. The fraction of sp³-hybridized carbons (Fsp3) is 0.636. The van der Waals surface area contributed by atoms with Gasteiger partial charge in [-0.3, -0.25) is 9.69 Å². The molecular formula is C11H15N5O2S2. The molecule has 1 aliphatic heterocycles. The van der Waals surface area contributed by atoms with Gasteiger partial charge in [0, 0.05) is 19.1 Å². The summed E-state index contributed by atoms with van der Waals surface area (Å²) < 4.78 is 0.744. The second-order valence-corrected chi connectivity index (χ2v) is 7.34. The number of nitrogens with one attached hydrogen (secondary N) is 2. The molecule has 0 bridgehead atoms. The molecule has 1 aliphatic carbocycles. The monoisotopic (exact) mass is 313 g/mol. The van der Waals surface area contributed by atoms with Crippen molar-refractivity contribution in [2.24, 2.45) is 0 Å². The highest BCUT2D eigenvalue weighted by Gasteiger charge is 2.31. The average molecular weight is 313 g/mol. The molecule has 1 aromatic rings. The van der Waals surface area contributed by atoms with Gasteiger partial charge in [-0.15, -0.1) is 10.2 Å². The number of hydrogen-bond donors (Lipinski definition) is 2. The normalized spacial score (nSPS) is 19.9. The lowest BCUT2D eigenvalue weighted by molar-refractivity contribution is -0.126. The highest BCUT2D eigenvalue weighted by atomic mass is 32.2. The van der Waals surface area contributed by atoms with Gasteiger partial charge in [0.2, 0.25) is 11.0 Å². The number of rotatable bonds is 5. The SMILES string of the molecule is C[C@@H](Sc1nnc(NC2CC2)s1)C(=O)N1CCNC1=O. The minimum atomic E-state index is -0.347. The van der Waals surface area contributed by atoms with E-state index in [9.17, 15) is 9.59 Å². The van der Waals surface area contributed by atoms with E-state index >= 15 is 0 Å². The van der Waals surface area contributed by atoms with Crippen molar-refractivity contribution in [3.05, 3.63) is 0 Å². The Hall–Kier alpha value is -1.35. The molecule has 1 aromatic heterocycles. The Kier molecular flexibility index (Phi) is 3.79. The summed E-state index contributed by atoms with van der Waals surface area (Å²) in [5, 5.41) is 14.5. The molecule has 2 aliphatic rings. The van der Waals surface area contributed by atoms with Crippen LogP contribution in [0.1, 0.15) is 19.8 Å². The Morgan fingerprint density at radius 3 is 3.00 bits per heavy atom. The Balaban J connectivity index is 1.57. The van der Waals surface area contributed by atoms with Crippen molar-refractivity contribution >= 4 is 40.2 Å². The summed E-state index contributed by atoms with van der Waals surface area (Å²) >= 11 is 2.79. The third-order valence-electron chi connectivity index (χ3n) is 3.06. The van der Waals surface area contributed by atoms with Gasteiger partial charge in [0.15, 0.2) is 4.34 Å². The first-order valence-corrected chi connectivity index (χ1v) is 8.19. The summed E-state index contributed by atoms with van der Waals surface area (Å²) in [5.41, 5.74) is 0. The molecule has 3 amide bonds. The molecule has 7 nitrogen and oxygen atoms in total. The predicted octanol–water partition coefficient (Wildman–Crippen LogP) is 1.14. The van der Waals surface area contributed by atoms with Gasteiger partial charge in [0.1, 0.15) is 0 Å². The zero-order valence-corrected chi connectivity index (χ0v) is 12.6. The standard InChI is InChI=1S/C11H15N5O2S2/c1-6(8(17)16-5-4-12-10(16)18)19-11-15-14-9(20-11)13-7-2-3-7/h6-7H,2-5H2,1H3,(H,12,18)(H,13,14)/t6-/m1/s1. The van der Waals surface area contributed by atoms with E-state index in [0.29, 0.717) is 19.1 Å². The smallest absolute Gasteiger partial charge is 0.324 e. The van der Waals surface area contributed by atoms with Crippen molar-refractivity contribution < 1.29 is 9.59 Å². The van der Waals surface area contributed by atoms with Crippen molar-refractivity contribution in [3.8, 4) is 0 Å². The lowest BCUT2D eigenvalue weighted by Crippen LogP contribution is -2.38. The maximum Gasteiger partial charge on any atom is 0.324 e. The number of amides is 3. The fourth-order valence-corrected chi connectivity index (χ4v) is 3.86. The Morgan fingerprint density at radius 2 is 2.35 bits per heavy atom. The lowest BCUT2D eigenvalue weighted by atomic mass is 10.4. The first-order valence-electron chi connectivity index (χ1n) is 6.49. The summed E-state index contributed by atoms with van der Waals surface area (Å²) in [7, 11) is 0. The van der Waals surface area contributed by atoms with Crippen LogP contribution in [0.15, 0.2) is 4.34 Å². The molecule has 1 atom stereocenters. The minimum absolute atomic E-state index is 0.183. The number of thioether (sulfide) groups is 1. The second kappa shape index (κ2) is 5.57. The van der Waals surface area contributed by atoms with Crippen LogP contribution < -0.4 is 10.6 Å². The van der Waals surface area contributed by atoms with Gasteiger partial charge in [0.25, 0.3) is 0 Å². The van der Waals surface area contributed by atoms with E-state index in [0.717, 1.165) is 9.47 Å². The van der Waals surface area contributed by atoms with Crippen LogP contribution in [0.25, 0.3) is 0 Å². The molecule has 3 rings (SSSR count). The molecular weight excluding hydrogens is 298 g/mol. The molecule has 0 spiro atoms. The maximum absolute atomic E-state index is 12.1. The molecule has 20 heavy (non-hydrogen) atoms. The number of urea groups is 1. The van der Waals surface area contributed by atoms with E-state index in [1.54, 1.807) is 6.92 Å². The summed E-state index contributed by atoms with van der Waals surface area (Å²) in [6, 6.07) is 0.226. The predicted molar refractivity (Wildman–Crippen MR) is 77.0 cm³/mol. The minimum Gasteiger partial charge on any atom is -0.357 e. The van der Waals surface area contributed by atoms with Crippen molar-refractivity contribution in [2.45, 2.75) is 35.4 Å². The van der Waals surface area contributed by atoms with Gasteiger partial charge >= 0.3 is 6.03 Å². The first kappa shape index (κ1) is 13.6. The number of anilines is 1. The molecule has 1 saturated carbocycles. The second-order valence-electron chi connectivity index (χ2n) is 4.77. The summed E-state index contributed by atoms with van der Waals surface area (Å²) in [6.45, 7) is 2.75. The number of nitrogens with zero attached hydrogens (tertiary/aromatic N) is 3. The molecule has 9 heteroatoms. The van der Waals surface area contributed by atoms with Gasteiger partial charge in [-0.1, -0.05) is 23.1 Å². The molecule has 2 heterocycles. The van der Waals surface area contributed by atoms with Crippen LogP contribution in [-0.4, -0.2) is 51.4 Å². The van der Waals surface area contributed by atoms with Crippen LogP contribution in [0.2, 0.25) is 0 Å². The van der Waals surface area contributed by atoms with E-state index < -0.39 is 0 Å². The topological polar surface area (TPSA) is 87.2 Å². The highest BCUT2D eigenvalue weighted by Crippen LogP contribution is 2.32. The molecule has 0 unspecified atom stereocenters. The van der Waals surface area contributed by atoms with Crippen LogP contribution in [0, 0.1) is 0 Å². The van der Waals surface area contributed by atoms with Crippen LogP contribution in [0.4, 0.5) is 9.93 Å². The van der Waals surface area contributed by atoms with Gasteiger partial charge in [0.05, 0.1) is 5.25 Å². The zero-order valence-electron chi connectivity index (χ0n) is 11.0. The average Bonchev–Trinajstić information content (AvgIpc) is 2.95. The Bertz CT molecular complexity index is 531. The van der Waals surface area contributed by atoms with E-state index in [4.69, 9.17) is 0 Å². The third kappa shape index (κ3) is 3.04. The fourth-order valence-electron chi connectivity index (χ4n) is 1.82. The molecule has 1 saturated heterocycles. The molecule has 2 fully saturated rings. The Morgan fingerprint density at radius 1 is 1.55 bits per heavy atom. The molecule has 0 aromatic carbocycles. The highest BCUT2D eigenvalue weighted by molar-refractivity contribution is 8.02. The number of hydrogen-bond acceptors (Lipinski definition) is 7. The summed E-state index contributed by atoms with van der Waals surface area (Å²) in [4.78, 5) is 24.8. The zero-order chi connectivity index (χ0) is 14.1. The van der Waals surface area contributed by atoms with Gasteiger partial charge < -0.3 is 10.6 Å². The van der Waals surface area contributed by atoms with Gasteiger partial charge in [-0.2, -0.15) is 0 Å². The van der Waals surface area contributed by atoms with Crippen molar-refractivity contribution in [1.82, 2.24) is 20.4 Å². The van der Waals surface area contributed by atoms with Gasteiger partial charge in [-0.25, -0.2) is 4.79 Å². The largest absolute Gasteiger partial charge is 0.357 e. The number of carbonyl (C=O) groups is 2. The van der Waals surface area contributed by atoms with Crippen molar-refractivity contribution in [2.75, 3.05) is 18.4 Å². The molecule has 108 valence electrons. The quantitative estimate of drug-likeness (QED) is 0.793. The van der Waals surface area contributed by atoms with Gasteiger partial charge in [-0.05, 0) is 19.8 Å². The number of carbonyl (C=O) groups excluding carboxylic acids is 2. The van der Waals surface area contributed by atoms with E-state index in [1.807, 2.05) is 0 Å². The summed E-state index contributed by atoms with van der Waals surface area (Å²) in [6.07, 6.45) is 2.36. The number of imide groups is 1. The third-order valence-corrected chi connectivity index (χ3v) is 5.09. The van der Waals surface area contributed by atoms with Crippen LogP contribution in [0.3, 0.4) is 0 Å². The van der Waals surface area contributed by atoms with Crippen molar-refractivity contribution in [3.63, 3.8) is 0 Å². The van der Waals surface area contributed by atoms with E-state index in [1.165, 1.54) is 40.8 Å². The van der Waals surface area contributed by atoms with Crippen LogP contribution in [0.5, 0.6) is 0 Å². The Labute approximate surface area is 124 Å². The number of aromatic nitrogens is 2. The van der Waals surface area contributed by atoms with E-state index in [2.05, 4.69) is 20.8 Å². The van der Waals surface area contributed by atoms with E-state index in [-0.39, 0.29) is 17.2 Å². The van der Waals surface area contributed by atoms with Crippen LogP contribution >= 0.6 is 23.1 Å². The van der Waals surface area contributed by atoms with Crippen molar-refractivity contribution in [1.29, 1.82) is 0 Å². The van der Waals surface area contributed by atoms with Crippen LogP contribution in [-0.2, 0) is 4.79 Å².